The molecule has 2 atom stereocenters. The van der Waals surface area contributed by atoms with Crippen molar-refractivity contribution in [2.45, 2.75) is 56.0 Å². The smallest absolute Gasteiger partial charge is 0.237 e. The van der Waals surface area contributed by atoms with Crippen LogP contribution in [-0.2, 0) is 4.79 Å². The lowest BCUT2D eigenvalue weighted by Crippen LogP contribution is -2.53. The van der Waals surface area contributed by atoms with Crippen LogP contribution in [0.15, 0.2) is 11.2 Å². The number of nitrogens with two attached hydrogens (primary N) is 1. The van der Waals surface area contributed by atoms with Crippen molar-refractivity contribution in [3.05, 3.63) is 17.5 Å². The van der Waals surface area contributed by atoms with Gasteiger partial charge in [0.15, 0.2) is 5.16 Å². The van der Waals surface area contributed by atoms with Crippen LogP contribution in [0.3, 0.4) is 0 Å². The number of primary amides is 1. The van der Waals surface area contributed by atoms with E-state index in [0.29, 0.717) is 5.25 Å². The zero-order chi connectivity index (χ0) is 14.8. The highest BCUT2D eigenvalue weighted by molar-refractivity contribution is 7.99. The van der Waals surface area contributed by atoms with E-state index in [1.54, 1.807) is 11.8 Å². The number of nitrogens with zero attached hydrogens (tertiary/aromatic N) is 2. The van der Waals surface area contributed by atoms with Gasteiger partial charge in [0, 0.05) is 16.6 Å². The van der Waals surface area contributed by atoms with Gasteiger partial charge in [-0.1, -0.05) is 18.7 Å². The van der Waals surface area contributed by atoms with E-state index in [9.17, 15) is 4.79 Å². The summed E-state index contributed by atoms with van der Waals surface area (Å²) in [4.78, 5) is 20.6. The van der Waals surface area contributed by atoms with E-state index < -0.39 is 5.54 Å². The predicted molar refractivity (Wildman–Crippen MR) is 80.6 cm³/mol. The van der Waals surface area contributed by atoms with Crippen LogP contribution in [0.5, 0.6) is 0 Å². The number of hydrogen-bond acceptors (Lipinski definition) is 5. The molecule has 1 heterocycles. The second-order valence-electron chi connectivity index (χ2n) is 5.39. The van der Waals surface area contributed by atoms with Gasteiger partial charge in [0.25, 0.3) is 0 Å². The largest absolute Gasteiger partial charge is 0.368 e. The molecule has 2 rings (SSSR count). The van der Waals surface area contributed by atoms with Crippen LogP contribution in [0.1, 0.15) is 37.6 Å². The molecule has 1 fully saturated rings. The van der Waals surface area contributed by atoms with Crippen LogP contribution in [0.25, 0.3) is 0 Å². The average Bonchev–Trinajstić information content (AvgIpc) is 2.72. The summed E-state index contributed by atoms with van der Waals surface area (Å²) in [5.74, 6) is -0.246. The molecular formula is C14H22N4OS. The van der Waals surface area contributed by atoms with Crippen LogP contribution >= 0.6 is 11.8 Å². The predicted octanol–water partition coefficient (Wildman–Crippen LogP) is 1.57. The number of aromatic nitrogens is 2. The van der Waals surface area contributed by atoms with Crippen LogP contribution < -0.4 is 11.1 Å². The van der Waals surface area contributed by atoms with Gasteiger partial charge >= 0.3 is 0 Å². The molecule has 1 aliphatic carbocycles. The van der Waals surface area contributed by atoms with Crippen molar-refractivity contribution < 1.29 is 4.79 Å². The Morgan fingerprint density at radius 1 is 1.50 bits per heavy atom. The molecule has 110 valence electrons. The second kappa shape index (κ2) is 6.10. The molecule has 1 aromatic rings. The Balaban J connectivity index is 2.07. The summed E-state index contributed by atoms with van der Waals surface area (Å²) in [5, 5.41) is 4.40. The van der Waals surface area contributed by atoms with Gasteiger partial charge in [-0.25, -0.2) is 9.97 Å². The summed E-state index contributed by atoms with van der Waals surface area (Å²) in [6, 6.07) is 1.96. The molecule has 1 saturated carbocycles. The fourth-order valence-electron chi connectivity index (χ4n) is 2.81. The van der Waals surface area contributed by atoms with E-state index in [1.165, 1.54) is 0 Å². The van der Waals surface area contributed by atoms with Crippen molar-refractivity contribution in [1.29, 1.82) is 0 Å². The molecular weight excluding hydrogens is 272 g/mol. The lowest BCUT2D eigenvalue weighted by Gasteiger charge is -2.26. The second-order valence-corrected chi connectivity index (χ2v) is 6.66. The highest BCUT2D eigenvalue weighted by Crippen LogP contribution is 2.39. The summed E-state index contributed by atoms with van der Waals surface area (Å²) in [5.41, 5.74) is 6.99. The molecule has 1 aromatic heterocycles. The molecule has 1 amide bonds. The number of thioether (sulfide) groups is 1. The van der Waals surface area contributed by atoms with Crippen molar-refractivity contribution in [2.24, 2.45) is 5.73 Å². The van der Waals surface area contributed by atoms with Crippen molar-refractivity contribution in [3.63, 3.8) is 0 Å². The van der Waals surface area contributed by atoms with Gasteiger partial charge in [0.05, 0.1) is 5.54 Å². The van der Waals surface area contributed by atoms with Crippen LogP contribution in [0.2, 0.25) is 0 Å². The summed E-state index contributed by atoms with van der Waals surface area (Å²) in [6.07, 6.45) is 2.49. The molecule has 2 unspecified atom stereocenters. The third kappa shape index (κ3) is 3.30. The molecule has 6 heteroatoms. The molecule has 1 aliphatic rings. The minimum atomic E-state index is -0.550. The molecule has 20 heavy (non-hydrogen) atoms. The van der Waals surface area contributed by atoms with Crippen LogP contribution in [0, 0.1) is 13.8 Å². The zero-order valence-electron chi connectivity index (χ0n) is 12.3. The lowest BCUT2D eigenvalue weighted by atomic mass is 9.97. The molecule has 0 aromatic carbocycles. The first-order valence-corrected chi connectivity index (χ1v) is 7.87. The fourth-order valence-corrected chi connectivity index (χ4v) is 4.10. The Hall–Kier alpha value is -1.14. The maximum absolute atomic E-state index is 11.7. The van der Waals surface area contributed by atoms with Gasteiger partial charge in [0.2, 0.25) is 5.91 Å². The molecule has 0 radical (unpaired) electrons. The molecule has 0 spiro atoms. The SMILES string of the molecule is CCNC1(C(N)=O)CCC(Sc2nc(C)cc(C)n2)C1. The third-order valence-electron chi connectivity index (χ3n) is 3.69. The number of nitrogens with one attached hydrogen (secondary N) is 1. The van der Waals surface area contributed by atoms with Gasteiger partial charge in [-0.15, -0.1) is 0 Å². The van der Waals surface area contributed by atoms with Gasteiger partial charge < -0.3 is 11.1 Å². The first-order chi connectivity index (χ1) is 9.45. The first kappa shape index (κ1) is 15.3. The molecule has 3 N–H and O–H groups in total. The summed E-state index contributed by atoms with van der Waals surface area (Å²) < 4.78 is 0. The van der Waals surface area contributed by atoms with E-state index in [0.717, 1.165) is 42.4 Å². The van der Waals surface area contributed by atoms with Crippen LogP contribution in [0.4, 0.5) is 0 Å². The highest BCUT2D eigenvalue weighted by Gasteiger charge is 2.43. The number of aryl methyl sites for hydroxylation is 2. The summed E-state index contributed by atoms with van der Waals surface area (Å²) in [6.45, 7) is 6.69. The van der Waals surface area contributed by atoms with E-state index in [1.807, 2.05) is 26.8 Å². The Morgan fingerprint density at radius 2 is 2.15 bits per heavy atom. The van der Waals surface area contributed by atoms with Gasteiger partial charge in [-0.05, 0) is 45.7 Å². The quantitative estimate of drug-likeness (QED) is 0.806. The van der Waals surface area contributed by atoms with Gasteiger partial charge in [-0.3, -0.25) is 4.79 Å². The van der Waals surface area contributed by atoms with Gasteiger partial charge in [0.1, 0.15) is 0 Å². The van der Waals surface area contributed by atoms with Gasteiger partial charge in [-0.2, -0.15) is 0 Å². The van der Waals surface area contributed by atoms with Crippen molar-refractivity contribution in [1.82, 2.24) is 15.3 Å². The number of hydrogen-bond donors (Lipinski definition) is 2. The first-order valence-electron chi connectivity index (χ1n) is 6.99. The summed E-state index contributed by atoms with van der Waals surface area (Å²) >= 11 is 1.66. The molecule has 0 saturated heterocycles. The Labute approximate surface area is 124 Å². The molecule has 0 aliphatic heterocycles. The summed E-state index contributed by atoms with van der Waals surface area (Å²) in [7, 11) is 0. The maximum Gasteiger partial charge on any atom is 0.237 e. The van der Waals surface area contributed by atoms with E-state index in [2.05, 4.69) is 15.3 Å². The lowest BCUT2D eigenvalue weighted by molar-refractivity contribution is -0.124. The number of amides is 1. The van der Waals surface area contributed by atoms with Crippen molar-refractivity contribution in [3.8, 4) is 0 Å². The Bertz CT molecular complexity index is 488. The molecule has 0 bridgehead atoms. The minimum Gasteiger partial charge on any atom is -0.368 e. The van der Waals surface area contributed by atoms with Crippen molar-refractivity contribution in [2.75, 3.05) is 6.54 Å². The fraction of sp³-hybridized carbons (Fsp3) is 0.643. The Kier molecular flexibility index (Phi) is 4.65. The highest BCUT2D eigenvalue weighted by atomic mass is 32.2. The third-order valence-corrected chi connectivity index (χ3v) is 4.82. The zero-order valence-corrected chi connectivity index (χ0v) is 13.1. The van der Waals surface area contributed by atoms with E-state index in [-0.39, 0.29) is 5.91 Å². The van der Waals surface area contributed by atoms with Crippen LogP contribution in [-0.4, -0.2) is 33.2 Å². The normalized spacial score (nSPS) is 25.9. The maximum atomic E-state index is 11.7. The number of carbonyl (C=O) groups excluding carboxylic acids is 1. The standard InChI is InChI=1S/C14H22N4OS/c1-4-16-14(12(15)19)6-5-11(8-14)20-13-17-9(2)7-10(3)18-13/h7,11,16H,4-6,8H2,1-3H3,(H2,15,19). The average molecular weight is 294 g/mol. The topological polar surface area (TPSA) is 80.9 Å². The number of likely N-dealkylation sites (N-methyl/N-ethyl adjacent to an activating group) is 1. The Morgan fingerprint density at radius 3 is 2.70 bits per heavy atom. The number of rotatable bonds is 5. The van der Waals surface area contributed by atoms with E-state index in [4.69, 9.17) is 5.73 Å². The number of carbonyl (C=O) groups is 1. The van der Waals surface area contributed by atoms with E-state index >= 15 is 0 Å². The molecule has 5 nitrogen and oxygen atoms in total. The minimum absolute atomic E-state index is 0.246. The van der Waals surface area contributed by atoms with Crippen molar-refractivity contribution >= 4 is 17.7 Å². The monoisotopic (exact) mass is 294 g/mol.